The molecule has 6 heteroatoms. The fourth-order valence-electron chi connectivity index (χ4n) is 2.25. The summed E-state index contributed by atoms with van der Waals surface area (Å²) < 4.78 is 0. The van der Waals surface area contributed by atoms with Gasteiger partial charge in [0.25, 0.3) is 5.91 Å². The Morgan fingerprint density at radius 1 is 1.04 bits per heavy atom. The summed E-state index contributed by atoms with van der Waals surface area (Å²) >= 11 is 11.5. The smallest absolute Gasteiger partial charge is 0.256 e. The van der Waals surface area contributed by atoms with Gasteiger partial charge in [0, 0.05) is 6.54 Å². The molecule has 0 saturated heterocycles. The molecular formula is C19H20Cl2N2O2. The average Bonchev–Trinajstić information content (AvgIpc) is 2.62. The van der Waals surface area contributed by atoms with Crippen LogP contribution < -0.4 is 0 Å². The number of amides is 1. The number of alkyl halides is 2. The molecule has 2 aromatic carbocycles. The molecule has 2 aromatic rings. The summed E-state index contributed by atoms with van der Waals surface area (Å²) in [5.74, 6) is -0.357. The third-order valence-corrected chi connectivity index (χ3v) is 3.80. The van der Waals surface area contributed by atoms with Crippen LogP contribution >= 0.6 is 23.2 Å². The van der Waals surface area contributed by atoms with E-state index in [4.69, 9.17) is 28.0 Å². The number of nitrogens with zero attached hydrogens (tertiary/aromatic N) is 2. The van der Waals surface area contributed by atoms with Crippen molar-refractivity contribution in [1.82, 2.24) is 4.90 Å². The van der Waals surface area contributed by atoms with Crippen LogP contribution in [-0.4, -0.2) is 27.9 Å². The third-order valence-electron chi connectivity index (χ3n) is 3.43. The van der Waals surface area contributed by atoms with Gasteiger partial charge in [-0.05, 0) is 18.1 Å². The van der Waals surface area contributed by atoms with Crippen molar-refractivity contribution in [3.05, 3.63) is 71.8 Å². The van der Waals surface area contributed by atoms with Crippen molar-refractivity contribution in [1.29, 1.82) is 0 Å². The molecule has 0 spiro atoms. The van der Waals surface area contributed by atoms with E-state index < -0.39 is 4.84 Å². The standard InChI is InChI=1S/C19H20Cl2N2O2/c1-15(22-25-14-17-10-6-3-7-11-17)12-23(19(24)18(20)21)13-16-8-4-2-5-9-16/h2-11,18H,12-14H2,1H3/b22-15+. The number of rotatable bonds is 8. The number of oxime groups is 1. The fourth-order valence-corrected chi connectivity index (χ4v) is 2.53. The maximum atomic E-state index is 12.2. The first kappa shape index (κ1) is 19.3. The molecule has 0 saturated carbocycles. The van der Waals surface area contributed by atoms with Crippen molar-refractivity contribution in [2.24, 2.45) is 5.16 Å². The van der Waals surface area contributed by atoms with Crippen LogP contribution in [-0.2, 0) is 22.8 Å². The van der Waals surface area contributed by atoms with Crippen LogP contribution in [0.2, 0.25) is 0 Å². The Hall–Kier alpha value is -2.04. The SMILES string of the molecule is C/C(CN(Cc1ccccc1)C(=O)C(Cl)Cl)=N\OCc1ccccc1. The molecule has 0 radical (unpaired) electrons. The lowest BCUT2D eigenvalue weighted by Gasteiger charge is -2.23. The number of carbonyl (C=O) groups excluding carboxylic acids is 1. The second-order valence-electron chi connectivity index (χ2n) is 5.57. The topological polar surface area (TPSA) is 41.9 Å². The van der Waals surface area contributed by atoms with Crippen molar-refractivity contribution in [2.75, 3.05) is 6.54 Å². The lowest BCUT2D eigenvalue weighted by Crippen LogP contribution is -2.37. The van der Waals surface area contributed by atoms with Gasteiger partial charge in [-0.25, -0.2) is 0 Å². The molecule has 0 fully saturated rings. The van der Waals surface area contributed by atoms with Crippen molar-refractivity contribution >= 4 is 34.8 Å². The minimum Gasteiger partial charge on any atom is -0.391 e. The van der Waals surface area contributed by atoms with Gasteiger partial charge < -0.3 is 9.74 Å². The normalized spacial score (nSPS) is 11.4. The van der Waals surface area contributed by atoms with Crippen molar-refractivity contribution in [3.63, 3.8) is 0 Å². The molecule has 0 aliphatic carbocycles. The molecule has 0 N–H and O–H groups in total. The first-order valence-corrected chi connectivity index (χ1v) is 8.74. The zero-order valence-corrected chi connectivity index (χ0v) is 15.5. The van der Waals surface area contributed by atoms with Crippen LogP contribution in [0, 0.1) is 0 Å². The van der Waals surface area contributed by atoms with E-state index in [1.54, 1.807) is 11.8 Å². The first-order valence-electron chi connectivity index (χ1n) is 7.86. The first-order chi connectivity index (χ1) is 12.1. The Kier molecular flexibility index (Phi) is 7.76. The molecular weight excluding hydrogens is 359 g/mol. The lowest BCUT2D eigenvalue weighted by atomic mass is 10.2. The van der Waals surface area contributed by atoms with Crippen LogP contribution in [0.15, 0.2) is 65.8 Å². The van der Waals surface area contributed by atoms with Crippen molar-refractivity contribution in [2.45, 2.75) is 24.9 Å². The van der Waals surface area contributed by atoms with E-state index in [0.29, 0.717) is 25.4 Å². The van der Waals surface area contributed by atoms with Crippen LogP contribution in [0.3, 0.4) is 0 Å². The van der Waals surface area contributed by atoms with Gasteiger partial charge in [0.2, 0.25) is 0 Å². The highest BCUT2D eigenvalue weighted by Crippen LogP contribution is 2.12. The summed E-state index contributed by atoms with van der Waals surface area (Å²) in [5, 5.41) is 4.08. The van der Waals surface area contributed by atoms with Gasteiger partial charge in [0.05, 0.1) is 12.3 Å². The second kappa shape index (κ2) is 10.1. The van der Waals surface area contributed by atoms with Crippen LogP contribution in [0.1, 0.15) is 18.1 Å². The van der Waals surface area contributed by atoms with Crippen LogP contribution in [0.5, 0.6) is 0 Å². The van der Waals surface area contributed by atoms with Crippen molar-refractivity contribution in [3.8, 4) is 0 Å². The number of benzene rings is 2. The summed E-state index contributed by atoms with van der Waals surface area (Å²) in [4.78, 5) is 18.1. The summed E-state index contributed by atoms with van der Waals surface area (Å²) in [6.45, 7) is 2.87. The Bertz CT molecular complexity index is 691. The highest BCUT2D eigenvalue weighted by atomic mass is 35.5. The van der Waals surface area contributed by atoms with E-state index in [0.717, 1.165) is 11.1 Å². The molecule has 0 heterocycles. The van der Waals surface area contributed by atoms with E-state index in [1.807, 2.05) is 60.7 Å². The van der Waals surface area contributed by atoms with E-state index in [2.05, 4.69) is 5.16 Å². The van der Waals surface area contributed by atoms with Gasteiger partial charge in [0.1, 0.15) is 6.61 Å². The summed E-state index contributed by atoms with van der Waals surface area (Å²) in [5.41, 5.74) is 2.68. The Balaban J connectivity index is 1.97. The minimum absolute atomic E-state index is 0.290. The monoisotopic (exact) mass is 378 g/mol. The second-order valence-corrected chi connectivity index (χ2v) is 6.66. The molecule has 132 valence electrons. The molecule has 4 nitrogen and oxygen atoms in total. The van der Waals surface area contributed by atoms with E-state index in [9.17, 15) is 4.79 Å². The van der Waals surface area contributed by atoms with Crippen LogP contribution in [0.25, 0.3) is 0 Å². The van der Waals surface area contributed by atoms with Gasteiger partial charge in [0.15, 0.2) is 4.84 Å². The van der Waals surface area contributed by atoms with Crippen molar-refractivity contribution < 1.29 is 9.63 Å². The molecule has 0 aromatic heterocycles. The molecule has 0 bridgehead atoms. The molecule has 2 rings (SSSR count). The van der Waals surface area contributed by atoms with Gasteiger partial charge in [-0.15, -0.1) is 0 Å². The zero-order valence-electron chi connectivity index (χ0n) is 13.9. The largest absolute Gasteiger partial charge is 0.391 e. The third kappa shape index (κ3) is 6.77. The number of halogens is 2. The summed E-state index contributed by atoms with van der Waals surface area (Å²) in [6.07, 6.45) is 0. The van der Waals surface area contributed by atoms with Crippen LogP contribution in [0.4, 0.5) is 0 Å². The number of carbonyl (C=O) groups is 1. The molecule has 25 heavy (non-hydrogen) atoms. The molecule has 1 amide bonds. The number of hydrogen-bond acceptors (Lipinski definition) is 3. The highest BCUT2D eigenvalue weighted by molar-refractivity contribution is 6.53. The van der Waals surface area contributed by atoms with Gasteiger partial charge >= 0.3 is 0 Å². The highest BCUT2D eigenvalue weighted by Gasteiger charge is 2.21. The molecule has 0 aliphatic heterocycles. The lowest BCUT2D eigenvalue weighted by molar-refractivity contribution is -0.129. The maximum absolute atomic E-state index is 12.2. The predicted molar refractivity (Wildman–Crippen MR) is 102 cm³/mol. The van der Waals surface area contributed by atoms with E-state index >= 15 is 0 Å². The molecule has 0 unspecified atom stereocenters. The predicted octanol–water partition coefficient (Wildman–Crippen LogP) is 4.41. The zero-order chi connectivity index (χ0) is 18.1. The Morgan fingerprint density at radius 2 is 1.60 bits per heavy atom. The van der Waals surface area contributed by atoms with Gasteiger partial charge in [-0.3, -0.25) is 4.79 Å². The summed E-state index contributed by atoms with van der Waals surface area (Å²) in [7, 11) is 0. The Labute approximate surface area is 158 Å². The fraction of sp³-hybridized carbons (Fsp3) is 0.263. The quantitative estimate of drug-likeness (QED) is 0.387. The molecule has 0 aliphatic rings. The summed E-state index contributed by atoms with van der Waals surface area (Å²) in [6, 6.07) is 19.4. The maximum Gasteiger partial charge on any atom is 0.256 e. The van der Waals surface area contributed by atoms with E-state index in [1.165, 1.54) is 0 Å². The van der Waals surface area contributed by atoms with Gasteiger partial charge in [-0.2, -0.15) is 0 Å². The minimum atomic E-state index is -1.11. The van der Waals surface area contributed by atoms with Gasteiger partial charge in [-0.1, -0.05) is 89.0 Å². The number of hydrogen-bond donors (Lipinski definition) is 0. The molecule has 0 atom stereocenters. The average molecular weight is 379 g/mol. The Morgan fingerprint density at radius 3 is 2.16 bits per heavy atom. The van der Waals surface area contributed by atoms with E-state index in [-0.39, 0.29) is 5.91 Å².